The molecule has 0 saturated carbocycles. The predicted octanol–water partition coefficient (Wildman–Crippen LogP) is 1.13. The van der Waals surface area contributed by atoms with Crippen molar-refractivity contribution in [3.8, 4) is 0 Å². The number of rotatable bonds is 6. The first-order valence-corrected chi connectivity index (χ1v) is 5.33. The van der Waals surface area contributed by atoms with Crippen LogP contribution in [0.25, 0.3) is 0 Å². The molecule has 1 aromatic heterocycles. The Kier molecular flexibility index (Phi) is 5.31. The minimum Gasteiger partial charge on any atom is -0.399 e. The van der Waals surface area contributed by atoms with Crippen molar-refractivity contribution in [1.29, 1.82) is 0 Å². The molecule has 0 spiro atoms. The summed E-state index contributed by atoms with van der Waals surface area (Å²) in [5.74, 6) is 0.584. The second-order valence-electron chi connectivity index (χ2n) is 3.42. The minimum absolute atomic E-state index is 0.0135. The molecule has 1 rings (SSSR count). The van der Waals surface area contributed by atoms with E-state index in [9.17, 15) is 0 Å². The number of aliphatic hydroxyl groups is 1. The smallest absolute Gasteiger partial charge is 0.133 e. The molecule has 6 heteroatoms. The molecule has 1 heterocycles. The molecule has 1 unspecified atom stereocenters. The number of pyridine rings is 1. The fraction of sp³-hybridized carbons (Fsp3) is 0.500. The average Bonchev–Trinajstić information content (AvgIpc) is 2.16. The van der Waals surface area contributed by atoms with Crippen LogP contribution in [0.15, 0.2) is 12.1 Å². The van der Waals surface area contributed by atoms with Gasteiger partial charge in [-0.2, -0.15) is 0 Å². The Morgan fingerprint density at radius 1 is 1.62 bits per heavy atom. The molecular weight excluding hydrogens is 230 g/mol. The van der Waals surface area contributed by atoms with Crippen LogP contribution < -0.4 is 11.1 Å². The minimum atomic E-state index is -0.0135. The third kappa shape index (κ3) is 4.22. The Morgan fingerprint density at radius 2 is 2.38 bits per heavy atom. The summed E-state index contributed by atoms with van der Waals surface area (Å²) < 4.78 is 5.02. The zero-order valence-corrected chi connectivity index (χ0v) is 9.87. The van der Waals surface area contributed by atoms with Gasteiger partial charge in [0.25, 0.3) is 0 Å². The number of ether oxygens (including phenoxy) is 1. The van der Waals surface area contributed by atoms with Gasteiger partial charge < -0.3 is 20.9 Å². The molecule has 0 aliphatic rings. The summed E-state index contributed by atoms with van der Waals surface area (Å²) in [5.41, 5.74) is 6.18. The van der Waals surface area contributed by atoms with Gasteiger partial charge in [-0.3, -0.25) is 0 Å². The van der Waals surface area contributed by atoms with Crippen LogP contribution in [0, 0.1) is 0 Å². The molecule has 0 aliphatic heterocycles. The van der Waals surface area contributed by atoms with Crippen molar-refractivity contribution in [3.63, 3.8) is 0 Å². The SMILES string of the molecule is COCC(CCO)Nc1cc(N)cc(Cl)n1. The molecule has 0 radical (unpaired) electrons. The predicted molar refractivity (Wildman–Crippen MR) is 64.6 cm³/mol. The zero-order chi connectivity index (χ0) is 12.0. The molecule has 0 amide bonds. The maximum absolute atomic E-state index is 8.88. The summed E-state index contributed by atoms with van der Waals surface area (Å²) in [6, 6.07) is 3.25. The highest BCUT2D eigenvalue weighted by atomic mass is 35.5. The molecule has 0 aliphatic carbocycles. The van der Waals surface area contributed by atoms with E-state index in [0.29, 0.717) is 29.7 Å². The highest BCUT2D eigenvalue weighted by molar-refractivity contribution is 6.29. The summed E-state index contributed by atoms with van der Waals surface area (Å²) in [4.78, 5) is 4.08. The molecule has 0 saturated heterocycles. The van der Waals surface area contributed by atoms with Crippen LogP contribution in [-0.4, -0.2) is 36.5 Å². The highest BCUT2D eigenvalue weighted by Gasteiger charge is 2.09. The summed E-state index contributed by atoms with van der Waals surface area (Å²) >= 11 is 5.78. The lowest BCUT2D eigenvalue weighted by Crippen LogP contribution is -2.26. The van der Waals surface area contributed by atoms with Crippen LogP contribution in [0.4, 0.5) is 11.5 Å². The maximum Gasteiger partial charge on any atom is 0.133 e. The number of nitrogens with zero attached hydrogens (tertiary/aromatic N) is 1. The summed E-state index contributed by atoms with van der Waals surface area (Å²) in [5, 5.41) is 12.3. The summed E-state index contributed by atoms with van der Waals surface area (Å²) in [7, 11) is 1.60. The molecule has 90 valence electrons. The van der Waals surface area contributed by atoms with E-state index in [1.807, 2.05) is 0 Å². The fourth-order valence-corrected chi connectivity index (χ4v) is 1.57. The van der Waals surface area contributed by atoms with Gasteiger partial charge in [-0.1, -0.05) is 11.6 Å². The first kappa shape index (κ1) is 13.0. The van der Waals surface area contributed by atoms with Crippen LogP contribution in [-0.2, 0) is 4.74 Å². The number of aliphatic hydroxyl groups excluding tert-OH is 1. The van der Waals surface area contributed by atoms with Crippen molar-refractivity contribution in [1.82, 2.24) is 4.98 Å². The third-order valence-corrected chi connectivity index (χ3v) is 2.21. The molecule has 4 N–H and O–H groups in total. The van der Waals surface area contributed by atoms with Crippen molar-refractivity contribution in [2.75, 3.05) is 31.4 Å². The number of aromatic nitrogens is 1. The number of halogens is 1. The average molecular weight is 246 g/mol. The van der Waals surface area contributed by atoms with Gasteiger partial charge in [0.2, 0.25) is 0 Å². The number of methoxy groups -OCH3 is 1. The molecule has 1 aromatic rings. The lowest BCUT2D eigenvalue weighted by atomic mass is 10.2. The van der Waals surface area contributed by atoms with Gasteiger partial charge in [0, 0.05) is 25.5 Å². The second kappa shape index (κ2) is 6.52. The zero-order valence-electron chi connectivity index (χ0n) is 9.11. The lowest BCUT2D eigenvalue weighted by Gasteiger charge is -2.17. The molecule has 5 nitrogen and oxygen atoms in total. The van der Waals surface area contributed by atoms with E-state index in [1.165, 1.54) is 0 Å². The Labute approximate surface area is 99.6 Å². The molecule has 0 aromatic carbocycles. The van der Waals surface area contributed by atoms with E-state index in [2.05, 4.69) is 10.3 Å². The van der Waals surface area contributed by atoms with Crippen LogP contribution in [0.2, 0.25) is 5.15 Å². The van der Waals surface area contributed by atoms with Gasteiger partial charge >= 0.3 is 0 Å². The maximum atomic E-state index is 8.88. The quantitative estimate of drug-likeness (QED) is 0.655. The fourth-order valence-electron chi connectivity index (χ4n) is 1.35. The molecular formula is C10H16ClN3O2. The molecule has 0 bridgehead atoms. The number of nitrogens with one attached hydrogen (secondary N) is 1. The van der Waals surface area contributed by atoms with Crippen molar-refractivity contribution in [2.24, 2.45) is 0 Å². The summed E-state index contributed by atoms with van der Waals surface area (Å²) in [6.45, 7) is 0.561. The first-order chi connectivity index (χ1) is 7.65. The second-order valence-corrected chi connectivity index (χ2v) is 3.80. The molecule has 16 heavy (non-hydrogen) atoms. The topological polar surface area (TPSA) is 80.4 Å². The van der Waals surface area contributed by atoms with Crippen molar-refractivity contribution >= 4 is 23.1 Å². The number of nitrogens with two attached hydrogens (primary N) is 1. The van der Waals surface area contributed by atoms with Gasteiger partial charge in [-0.15, -0.1) is 0 Å². The van der Waals surface area contributed by atoms with E-state index in [1.54, 1.807) is 19.2 Å². The molecule has 0 fully saturated rings. The van der Waals surface area contributed by atoms with Crippen LogP contribution in [0.1, 0.15) is 6.42 Å². The van der Waals surface area contributed by atoms with Crippen molar-refractivity contribution < 1.29 is 9.84 Å². The Morgan fingerprint density at radius 3 is 2.94 bits per heavy atom. The Hall–Kier alpha value is -1.04. The lowest BCUT2D eigenvalue weighted by molar-refractivity contribution is 0.170. The van der Waals surface area contributed by atoms with E-state index >= 15 is 0 Å². The normalized spacial score (nSPS) is 12.4. The Balaban J connectivity index is 2.68. The molecule has 1 atom stereocenters. The number of hydrogen-bond acceptors (Lipinski definition) is 5. The van der Waals surface area contributed by atoms with Crippen LogP contribution in [0.3, 0.4) is 0 Å². The van der Waals surface area contributed by atoms with Crippen molar-refractivity contribution in [2.45, 2.75) is 12.5 Å². The number of hydrogen-bond donors (Lipinski definition) is 3. The monoisotopic (exact) mass is 245 g/mol. The van der Waals surface area contributed by atoms with Gasteiger partial charge in [-0.25, -0.2) is 4.98 Å². The highest BCUT2D eigenvalue weighted by Crippen LogP contribution is 2.17. The van der Waals surface area contributed by atoms with Gasteiger partial charge in [0.15, 0.2) is 0 Å². The van der Waals surface area contributed by atoms with Crippen LogP contribution >= 0.6 is 11.6 Å². The standard InChI is InChI=1S/C10H16ClN3O2/c1-16-6-8(2-3-15)13-10-5-7(12)4-9(11)14-10/h4-5,8,15H,2-3,6H2,1H3,(H3,12,13,14). The van der Waals surface area contributed by atoms with E-state index in [4.69, 9.17) is 27.2 Å². The van der Waals surface area contributed by atoms with Gasteiger partial charge in [-0.05, 0) is 12.5 Å². The van der Waals surface area contributed by atoms with E-state index in [-0.39, 0.29) is 12.6 Å². The number of anilines is 2. The Bertz CT molecular complexity index is 310. The van der Waals surface area contributed by atoms with Gasteiger partial charge in [0.1, 0.15) is 11.0 Å². The largest absolute Gasteiger partial charge is 0.399 e. The van der Waals surface area contributed by atoms with Gasteiger partial charge in [0.05, 0.1) is 12.6 Å². The number of nitrogen functional groups attached to an aromatic ring is 1. The van der Waals surface area contributed by atoms with Crippen molar-refractivity contribution in [3.05, 3.63) is 17.3 Å². The van der Waals surface area contributed by atoms with E-state index in [0.717, 1.165) is 0 Å². The first-order valence-electron chi connectivity index (χ1n) is 4.95. The van der Waals surface area contributed by atoms with E-state index < -0.39 is 0 Å². The summed E-state index contributed by atoms with van der Waals surface area (Å²) in [6.07, 6.45) is 0.571. The van der Waals surface area contributed by atoms with Crippen LogP contribution in [0.5, 0.6) is 0 Å². The third-order valence-electron chi connectivity index (χ3n) is 2.01.